The van der Waals surface area contributed by atoms with Crippen molar-refractivity contribution in [3.05, 3.63) is 72.2 Å². The van der Waals surface area contributed by atoms with Gasteiger partial charge in [0, 0.05) is 59.9 Å². The molecular formula is C22H23N3O2S. The van der Waals surface area contributed by atoms with Gasteiger partial charge in [0.05, 0.1) is 13.2 Å². The van der Waals surface area contributed by atoms with Gasteiger partial charge in [0.1, 0.15) is 0 Å². The Morgan fingerprint density at radius 3 is 2.68 bits per heavy atom. The molecule has 0 spiro atoms. The van der Waals surface area contributed by atoms with E-state index in [1.165, 1.54) is 16.9 Å². The van der Waals surface area contributed by atoms with Gasteiger partial charge in [0.25, 0.3) is 0 Å². The molecular weight excluding hydrogens is 370 g/mol. The minimum atomic E-state index is 0.317. The second-order valence-electron chi connectivity index (χ2n) is 6.66. The molecule has 0 bridgehead atoms. The molecule has 0 amide bonds. The number of anilines is 1. The summed E-state index contributed by atoms with van der Waals surface area (Å²) < 4.78 is 5.40. The van der Waals surface area contributed by atoms with Gasteiger partial charge in [-0.25, -0.2) is 0 Å². The maximum Gasteiger partial charge on any atom is 0.171 e. The zero-order valence-electron chi connectivity index (χ0n) is 15.5. The van der Waals surface area contributed by atoms with E-state index in [0.717, 1.165) is 54.5 Å². The Morgan fingerprint density at radius 2 is 1.93 bits per heavy atom. The largest absolute Gasteiger partial charge is 0.499 e. The SMILES string of the molecule is Oc1ccc(-c2ccncc2/C=C/Nc2ccc(CN3CCOCC3)cc2)s1. The van der Waals surface area contributed by atoms with E-state index >= 15 is 0 Å². The molecule has 0 radical (unpaired) electrons. The van der Waals surface area contributed by atoms with Gasteiger partial charge >= 0.3 is 0 Å². The Hall–Kier alpha value is -2.67. The normalized spacial score (nSPS) is 15.1. The van der Waals surface area contributed by atoms with Crippen LogP contribution in [0.2, 0.25) is 0 Å². The number of rotatable bonds is 6. The summed E-state index contributed by atoms with van der Waals surface area (Å²) in [6, 6.07) is 14.1. The van der Waals surface area contributed by atoms with Crippen molar-refractivity contribution in [2.75, 3.05) is 31.6 Å². The van der Waals surface area contributed by atoms with Crippen LogP contribution in [-0.2, 0) is 11.3 Å². The molecule has 4 rings (SSSR count). The predicted molar refractivity (Wildman–Crippen MR) is 114 cm³/mol. The molecule has 0 unspecified atom stereocenters. The number of aromatic hydroxyl groups is 1. The number of nitrogens with zero attached hydrogens (tertiary/aromatic N) is 2. The second kappa shape index (κ2) is 9.01. The third-order valence-electron chi connectivity index (χ3n) is 4.69. The molecule has 0 atom stereocenters. The van der Waals surface area contributed by atoms with Crippen LogP contribution in [0.3, 0.4) is 0 Å². The Balaban J connectivity index is 1.39. The minimum absolute atomic E-state index is 0.317. The van der Waals surface area contributed by atoms with Crippen molar-refractivity contribution >= 4 is 23.1 Å². The van der Waals surface area contributed by atoms with Crippen LogP contribution in [0, 0.1) is 0 Å². The highest BCUT2D eigenvalue weighted by molar-refractivity contribution is 7.17. The number of morpholine rings is 1. The van der Waals surface area contributed by atoms with Gasteiger partial charge < -0.3 is 15.2 Å². The van der Waals surface area contributed by atoms with Crippen LogP contribution in [-0.4, -0.2) is 41.3 Å². The van der Waals surface area contributed by atoms with E-state index in [0.29, 0.717) is 5.06 Å². The highest BCUT2D eigenvalue weighted by atomic mass is 32.1. The molecule has 144 valence electrons. The third-order valence-corrected chi connectivity index (χ3v) is 5.61. The molecule has 5 nitrogen and oxygen atoms in total. The van der Waals surface area contributed by atoms with Crippen LogP contribution in [0.15, 0.2) is 61.1 Å². The number of aromatic nitrogens is 1. The molecule has 0 saturated carbocycles. The fraction of sp³-hybridized carbons (Fsp3) is 0.227. The standard InChI is InChI=1S/C22H23N3O2S/c26-22-6-5-21(28-22)20-8-9-23-15-18(20)7-10-24-19-3-1-17(2-4-19)16-25-11-13-27-14-12-25/h1-10,15,24,26H,11-14,16H2/b10-7+. The lowest BCUT2D eigenvalue weighted by molar-refractivity contribution is 0.0342. The quantitative estimate of drug-likeness (QED) is 0.649. The first-order valence-corrected chi connectivity index (χ1v) is 10.1. The van der Waals surface area contributed by atoms with Crippen molar-refractivity contribution in [2.24, 2.45) is 0 Å². The van der Waals surface area contributed by atoms with Crippen LogP contribution in [0.5, 0.6) is 5.06 Å². The molecule has 6 heteroatoms. The van der Waals surface area contributed by atoms with Gasteiger partial charge in [-0.05, 0) is 42.0 Å². The number of hydrogen-bond acceptors (Lipinski definition) is 6. The van der Waals surface area contributed by atoms with Crippen molar-refractivity contribution in [1.29, 1.82) is 0 Å². The fourth-order valence-corrected chi connectivity index (χ4v) is 3.98. The zero-order chi connectivity index (χ0) is 19.2. The highest BCUT2D eigenvalue weighted by Gasteiger charge is 2.10. The van der Waals surface area contributed by atoms with E-state index in [-0.39, 0.29) is 0 Å². The number of nitrogens with one attached hydrogen (secondary N) is 1. The number of ether oxygens (including phenoxy) is 1. The van der Waals surface area contributed by atoms with Gasteiger partial charge in [0.15, 0.2) is 5.06 Å². The Morgan fingerprint density at radius 1 is 1.11 bits per heavy atom. The van der Waals surface area contributed by atoms with Crippen molar-refractivity contribution in [2.45, 2.75) is 6.54 Å². The Bertz CT molecular complexity index is 931. The van der Waals surface area contributed by atoms with Crippen LogP contribution in [0.4, 0.5) is 5.69 Å². The summed E-state index contributed by atoms with van der Waals surface area (Å²) in [5.74, 6) is 0. The van der Waals surface area contributed by atoms with Crippen molar-refractivity contribution in [1.82, 2.24) is 9.88 Å². The van der Waals surface area contributed by atoms with Gasteiger partial charge in [0.2, 0.25) is 0 Å². The van der Waals surface area contributed by atoms with E-state index in [4.69, 9.17) is 4.74 Å². The van der Waals surface area contributed by atoms with E-state index in [1.54, 1.807) is 12.3 Å². The summed E-state index contributed by atoms with van der Waals surface area (Å²) in [6.45, 7) is 4.61. The monoisotopic (exact) mass is 393 g/mol. The third kappa shape index (κ3) is 4.78. The summed E-state index contributed by atoms with van der Waals surface area (Å²) in [5, 5.41) is 13.3. The number of hydrogen-bond donors (Lipinski definition) is 2. The molecule has 1 fully saturated rings. The molecule has 3 aromatic rings. The van der Waals surface area contributed by atoms with Crippen LogP contribution in [0.25, 0.3) is 16.5 Å². The maximum atomic E-state index is 9.62. The van der Waals surface area contributed by atoms with E-state index in [2.05, 4.69) is 39.5 Å². The van der Waals surface area contributed by atoms with Crippen molar-refractivity contribution in [3.8, 4) is 15.5 Å². The summed E-state index contributed by atoms with van der Waals surface area (Å²) in [5.41, 5.74) is 4.41. The van der Waals surface area contributed by atoms with Gasteiger partial charge in [-0.1, -0.05) is 23.5 Å². The van der Waals surface area contributed by atoms with Gasteiger partial charge in [-0.2, -0.15) is 0 Å². The van der Waals surface area contributed by atoms with E-state index in [1.807, 2.05) is 30.6 Å². The highest BCUT2D eigenvalue weighted by Crippen LogP contribution is 2.34. The molecule has 1 saturated heterocycles. The summed E-state index contributed by atoms with van der Waals surface area (Å²) >= 11 is 1.36. The fourth-order valence-electron chi connectivity index (χ4n) is 3.19. The molecule has 0 aliphatic carbocycles. The molecule has 1 aliphatic heterocycles. The molecule has 3 heterocycles. The molecule has 28 heavy (non-hydrogen) atoms. The molecule has 2 N–H and O–H groups in total. The molecule has 1 aromatic carbocycles. The number of pyridine rings is 1. The lowest BCUT2D eigenvalue weighted by Gasteiger charge is -2.26. The first kappa shape index (κ1) is 18.7. The smallest absolute Gasteiger partial charge is 0.171 e. The maximum absolute atomic E-state index is 9.62. The lowest BCUT2D eigenvalue weighted by Crippen LogP contribution is -2.35. The average Bonchev–Trinajstić information content (AvgIpc) is 3.17. The van der Waals surface area contributed by atoms with E-state index < -0.39 is 0 Å². The average molecular weight is 394 g/mol. The number of thiophene rings is 1. The molecule has 1 aliphatic rings. The Kier molecular flexibility index (Phi) is 6.01. The van der Waals surface area contributed by atoms with Crippen molar-refractivity contribution in [3.63, 3.8) is 0 Å². The van der Waals surface area contributed by atoms with Gasteiger partial charge in [-0.3, -0.25) is 9.88 Å². The van der Waals surface area contributed by atoms with E-state index in [9.17, 15) is 5.11 Å². The van der Waals surface area contributed by atoms with Crippen LogP contribution >= 0.6 is 11.3 Å². The second-order valence-corrected chi connectivity index (χ2v) is 7.73. The van der Waals surface area contributed by atoms with Crippen LogP contribution in [0.1, 0.15) is 11.1 Å². The Labute approximate surface area is 168 Å². The van der Waals surface area contributed by atoms with Crippen LogP contribution < -0.4 is 5.32 Å². The topological polar surface area (TPSA) is 57.6 Å². The van der Waals surface area contributed by atoms with Gasteiger partial charge in [-0.15, -0.1) is 0 Å². The number of benzene rings is 1. The summed E-state index contributed by atoms with van der Waals surface area (Å²) in [7, 11) is 0. The first-order chi connectivity index (χ1) is 13.8. The first-order valence-electron chi connectivity index (χ1n) is 9.33. The predicted octanol–water partition coefficient (Wildman–Crippen LogP) is 4.43. The minimum Gasteiger partial charge on any atom is -0.499 e. The van der Waals surface area contributed by atoms with Crippen molar-refractivity contribution < 1.29 is 9.84 Å². The molecule has 2 aromatic heterocycles. The summed E-state index contributed by atoms with van der Waals surface area (Å²) in [6.07, 6.45) is 7.52. The zero-order valence-corrected chi connectivity index (χ0v) is 16.4. The summed E-state index contributed by atoms with van der Waals surface area (Å²) in [4.78, 5) is 7.66. The lowest BCUT2D eigenvalue weighted by atomic mass is 10.1.